The van der Waals surface area contributed by atoms with Gasteiger partial charge in [-0.25, -0.2) is 0 Å². The number of rotatable bonds is 11. The molecule has 0 bridgehead atoms. The Bertz CT molecular complexity index is 936. The molecule has 0 aliphatic rings. The Kier molecular flexibility index (Phi) is 10.3. The second-order valence-electron chi connectivity index (χ2n) is 8.57. The van der Waals surface area contributed by atoms with E-state index in [-0.39, 0.29) is 36.5 Å². The number of anilines is 2. The van der Waals surface area contributed by atoms with Gasteiger partial charge in [0, 0.05) is 65.2 Å². The summed E-state index contributed by atoms with van der Waals surface area (Å²) < 4.78 is 0. The number of aryl methyl sites for hydroxylation is 2. The minimum atomic E-state index is -0.257. The third-order valence-corrected chi connectivity index (χ3v) is 5.25. The predicted molar refractivity (Wildman–Crippen MR) is 133 cm³/mol. The molecule has 4 amide bonds. The number of nitrogens with one attached hydrogen (secondary N) is 2. The minimum absolute atomic E-state index is 0.0478. The van der Waals surface area contributed by atoms with Gasteiger partial charge in [0.05, 0.1) is 0 Å². The number of hydrogen-bond acceptors (Lipinski definition) is 4. The first kappa shape index (κ1) is 26.6. The molecule has 182 valence electrons. The maximum Gasteiger partial charge on any atom is 0.224 e. The van der Waals surface area contributed by atoms with Crippen molar-refractivity contribution in [3.8, 4) is 0 Å². The van der Waals surface area contributed by atoms with Crippen molar-refractivity contribution < 1.29 is 19.2 Å². The topological polar surface area (TPSA) is 98.8 Å². The van der Waals surface area contributed by atoms with E-state index in [9.17, 15) is 19.2 Å². The molecule has 0 aliphatic carbocycles. The van der Waals surface area contributed by atoms with Gasteiger partial charge in [0.15, 0.2) is 0 Å². The molecule has 34 heavy (non-hydrogen) atoms. The largest absolute Gasteiger partial charge is 0.349 e. The molecule has 8 heteroatoms. The van der Waals surface area contributed by atoms with Crippen LogP contribution in [0, 0.1) is 0 Å². The SMILES string of the molecule is CN(C)C(=O)CCc1cccc(NC(=O)CCC(=O)Nc2cccc(CCC(=O)N(C)C)c2)c1. The summed E-state index contributed by atoms with van der Waals surface area (Å²) in [4.78, 5) is 51.3. The highest BCUT2D eigenvalue weighted by molar-refractivity contribution is 5.96. The summed E-state index contributed by atoms with van der Waals surface area (Å²) in [6.07, 6.45) is 2.07. The third-order valence-electron chi connectivity index (χ3n) is 5.25. The second-order valence-corrected chi connectivity index (χ2v) is 8.57. The van der Waals surface area contributed by atoms with Gasteiger partial charge in [-0.05, 0) is 48.2 Å². The summed E-state index contributed by atoms with van der Waals surface area (Å²) in [5.74, 6) is -0.415. The highest BCUT2D eigenvalue weighted by atomic mass is 16.2. The van der Waals surface area contributed by atoms with Crippen LogP contribution in [0.25, 0.3) is 0 Å². The highest BCUT2D eigenvalue weighted by Gasteiger charge is 2.10. The lowest BCUT2D eigenvalue weighted by Crippen LogP contribution is -2.21. The summed E-state index contributed by atoms with van der Waals surface area (Å²) in [6, 6.07) is 14.7. The average molecular weight is 467 g/mol. The molecule has 2 aromatic carbocycles. The smallest absolute Gasteiger partial charge is 0.224 e. The monoisotopic (exact) mass is 466 g/mol. The van der Waals surface area contributed by atoms with Crippen molar-refractivity contribution in [3.63, 3.8) is 0 Å². The molecule has 2 aromatic rings. The van der Waals surface area contributed by atoms with E-state index in [0.717, 1.165) is 11.1 Å². The minimum Gasteiger partial charge on any atom is -0.349 e. The van der Waals surface area contributed by atoms with Gasteiger partial charge < -0.3 is 20.4 Å². The first-order chi connectivity index (χ1) is 16.1. The quantitative estimate of drug-likeness (QED) is 0.532. The van der Waals surface area contributed by atoms with Gasteiger partial charge in [0.25, 0.3) is 0 Å². The van der Waals surface area contributed by atoms with Crippen molar-refractivity contribution in [1.29, 1.82) is 0 Å². The van der Waals surface area contributed by atoms with Crippen molar-refractivity contribution >= 4 is 35.0 Å². The Morgan fingerprint density at radius 2 is 1.00 bits per heavy atom. The molecule has 0 aliphatic heterocycles. The van der Waals surface area contributed by atoms with Crippen LogP contribution < -0.4 is 10.6 Å². The lowest BCUT2D eigenvalue weighted by atomic mass is 10.1. The van der Waals surface area contributed by atoms with E-state index >= 15 is 0 Å². The molecule has 2 rings (SSSR count). The molecule has 0 aromatic heterocycles. The number of nitrogens with zero attached hydrogens (tertiary/aromatic N) is 2. The van der Waals surface area contributed by atoms with E-state index < -0.39 is 0 Å². The Morgan fingerprint density at radius 1 is 0.618 bits per heavy atom. The van der Waals surface area contributed by atoms with Crippen LogP contribution in [-0.4, -0.2) is 61.6 Å². The molecular formula is C26H34N4O4. The number of hydrogen-bond donors (Lipinski definition) is 2. The van der Waals surface area contributed by atoms with Crippen LogP contribution in [-0.2, 0) is 32.0 Å². The summed E-state index contributed by atoms with van der Waals surface area (Å²) in [5.41, 5.74) is 3.19. The zero-order valence-corrected chi connectivity index (χ0v) is 20.4. The fourth-order valence-corrected chi connectivity index (χ4v) is 3.23. The number of amides is 4. The fraction of sp³-hybridized carbons (Fsp3) is 0.385. The zero-order valence-electron chi connectivity index (χ0n) is 20.4. The lowest BCUT2D eigenvalue weighted by Gasteiger charge is -2.11. The molecule has 8 nitrogen and oxygen atoms in total. The molecule has 0 fully saturated rings. The first-order valence-electron chi connectivity index (χ1n) is 11.3. The molecule has 0 spiro atoms. The van der Waals surface area contributed by atoms with Gasteiger partial charge in [-0.15, -0.1) is 0 Å². The lowest BCUT2D eigenvalue weighted by molar-refractivity contribution is -0.129. The highest BCUT2D eigenvalue weighted by Crippen LogP contribution is 2.15. The number of benzene rings is 2. The van der Waals surface area contributed by atoms with Gasteiger partial charge in [0.1, 0.15) is 0 Å². The zero-order chi connectivity index (χ0) is 25.1. The van der Waals surface area contributed by atoms with Gasteiger partial charge in [-0.3, -0.25) is 19.2 Å². The predicted octanol–water partition coefficient (Wildman–Crippen LogP) is 3.09. The molecular weight excluding hydrogens is 432 g/mol. The van der Waals surface area contributed by atoms with Crippen LogP contribution in [0.3, 0.4) is 0 Å². The maximum absolute atomic E-state index is 12.3. The van der Waals surface area contributed by atoms with Crippen LogP contribution in [0.1, 0.15) is 36.8 Å². The summed E-state index contributed by atoms with van der Waals surface area (Å²) in [6.45, 7) is 0. The third kappa shape index (κ3) is 9.44. The van der Waals surface area contributed by atoms with E-state index in [1.807, 2.05) is 36.4 Å². The normalized spacial score (nSPS) is 10.4. The van der Waals surface area contributed by atoms with Crippen molar-refractivity contribution in [3.05, 3.63) is 59.7 Å². The Balaban J connectivity index is 1.79. The fourth-order valence-electron chi connectivity index (χ4n) is 3.23. The molecule has 0 radical (unpaired) electrons. The Morgan fingerprint density at radius 3 is 1.35 bits per heavy atom. The van der Waals surface area contributed by atoms with Gasteiger partial charge in [-0.2, -0.15) is 0 Å². The molecule has 0 saturated carbocycles. The van der Waals surface area contributed by atoms with Crippen molar-refractivity contribution in [2.45, 2.75) is 38.5 Å². The first-order valence-corrected chi connectivity index (χ1v) is 11.3. The number of carbonyl (C=O) groups excluding carboxylic acids is 4. The standard InChI is InChI=1S/C26H34N4O4/c1-29(2)25(33)15-11-19-7-5-9-21(17-19)27-23(31)13-14-24(32)28-22-10-6-8-20(18-22)12-16-26(34)30(3)4/h5-10,17-18H,11-16H2,1-4H3,(H,27,31)(H,28,32). The molecule has 0 saturated heterocycles. The van der Waals surface area contributed by atoms with E-state index in [1.54, 1.807) is 50.1 Å². The summed E-state index contributed by atoms with van der Waals surface area (Å²) in [7, 11) is 6.89. The van der Waals surface area contributed by atoms with Crippen molar-refractivity contribution in [2.75, 3.05) is 38.8 Å². The van der Waals surface area contributed by atoms with E-state index in [0.29, 0.717) is 37.1 Å². The second kappa shape index (κ2) is 13.1. The van der Waals surface area contributed by atoms with Crippen LogP contribution in [0.4, 0.5) is 11.4 Å². The molecule has 2 N–H and O–H groups in total. The van der Waals surface area contributed by atoms with Gasteiger partial charge in [0.2, 0.25) is 23.6 Å². The van der Waals surface area contributed by atoms with E-state index in [4.69, 9.17) is 0 Å². The Labute approximate surface area is 201 Å². The number of carbonyl (C=O) groups is 4. The van der Waals surface area contributed by atoms with Crippen LogP contribution in [0.5, 0.6) is 0 Å². The van der Waals surface area contributed by atoms with Crippen LogP contribution in [0.2, 0.25) is 0 Å². The Hall–Kier alpha value is -3.68. The molecule has 0 unspecified atom stereocenters. The van der Waals surface area contributed by atoms with Crippen molar-refractivity contribution in [1.82, 2.24) is 9.80 Å². The summed E-state index contributed by atoms with van der Waals surface area (Å²) >= 11 is 0. The summed E-state index contributed by atoms with van der Waals surface area (Å²) in [5, 5.41) is 5.61. The van der Waals surface area contributed by atoms with Crippen molar-refractivity contribution in [2.24, 2.45) is 0 Å². The maximum atomic E-state index is 12.3. The average Bonchev–Trinajstić information content (AvgIpc) is 2.80. The van der Waals surface area contributed by atoms with E-state index in [2.05, 4.69) is 10.6 Å². The van der Waals surface area contributed by atoms with Gasteiger partial charge >= 0.3 is 0 Å². The molecule has 0 atom stereocenters. The van der Waals surface area contributed by atoms with E-state index in [1.165, 1.54) is 0 Å². The van der Waals surface area contributed by atoms with Crippen LogP contribution >= 0.6 is 0 Å². The van der Waals surface area contributed by atoms with Gasteiger partial charge in [-0.1, -0.05) is 24.3 Å². The molecule has 0 heterocycles. The van der Waals surface area contributed by atoms with Crippen LogP contribution in [0.15, 0.2) is 48.5 Å².